The van der Waals surface area contributed by atoms with E-state index in [-0.39, 0.29) is 11.7 Å². The fraction of sp³-hybridized carbons (Fsp3) is 0.500. The quantitative estimate of drug-likeness (QED) is 0.765. The molecule has 0 saturated carbocycles. The molecule has 0 amide bonds. The number of hydrogen-bond acceptors (Lipinski definition) is 4. The van der Waals surface area contributed by atoms with Crippen LogP contribution < -0.4 is 0 Å². The van der Waals surface area contributed by atoms with Gasteiger partial charge in [0.05, 0.1) is 12.2 Å². The van der Waals surface area contributed by atoms with Gasteiger partial charge in [-0.15, -0.1) is 0 Å². The van der Waals surface area contributed by atoms with Crippen molar-refractivity contribution in [2.45, 2.75) is 19.1 Å². The molecule has 0 aromatic heterocycles. The summed E-state index contributed by atoms with van der Waals surface area (Å²) in [5.74, 6) is -0.0311. The van der Waals surface area contributed by atoms with Gasteiger partial charge in [0.2, 0.25) is 0 Å². The second-order valence-electron chi connectivity index (χ2n) is 4.98. The molecule has 4 heteroatoms. The summed E-state index contributed by atoms with van der Waals surface area (Å²) in [6, 6.07) is 9.21. The van der Waals surface area contributed by atoms with Gasteiger partial charge in [0.15, 0.2) is 5.78 Å². The van der Waals surface area contributed by atoms with Crippen molar-refractivity contribution >= 4 is 5.78 Å². The Morgan fingerprint density at radius 1 is 1.28 bits per heavy atom. The average molecular weight is 249 g/mol. The summed E-state index contributed by atoms with van der Waals surface area (Å²) in [6.45, 7) is 3.33. The van der Waals surface area contributed by atoms with Gasteiger partial charge in [-0.1, -0.05) is 37.3 Å². The zero-order valence-electron chi connectivity index (χ0n) is 10.5. The van der Waals surface area contributed by atoms with Crippen LogP contribution in [0.15, 0.2) is 30.3 Å². The first-order valence-electron chi connectivity index (χ1n) is 6.25. The van der Waals surface area contributed by atoms with Gasteiger partial charge in [-0.3, -0.25) is 9.69 Å². The number of hydrogen-bond donors (Lipinski definition) is 2. The second-order valence-corrected chi connectivity index (χ2v) is 4.98. The lowest BCUT2D eigenvalue weighted by Crippen LogP contribution is -2.31. The van der Waals surface area contributed by atoms with Crippen molar-refractivity contribution < 1.29 is 15.0 Å². The van der Waals surface area contributed by atoms with E-state index in [2.05, 4.69) is 0 Å². The van der Waals surface area contributed by atoms with Crippen LogP contribution in [0, 0.1) is 5.92 Å². The van der Waals surface area contributed by atoms with Gasteiger partial charge in [0.1, 0.15) is 0 Å². The summed E-state index contributed by atoms with van der Waals surface area (Å²) in [5.41, 5.74) is 0.713. The van der Waals surface area contributed by atoms with E-state index in [1.54, 1.807) is 0 Å². The lowest BCUT2D eigenvalue weighted by atomic mass is 9.99. The molecule has 0 aliphatic carbocycles. The van der Waals surface area contributed by atoms with Crippen LogP contribution in [0.3, 0.4) is 0 Å². The topological polar surface area (TPSA) is 60.8 Å². The van der Waals surface area contributed by atoms with Crippen molar-refractivity contribution in [2.75, 3.05) is 19.6 Å². The Bertz CT molecular complexity index is 397. The van der Waals surface area contributed by atoms with Crippen LogP contribution in [0.4, 0.5) is 0 Å². The maximum Gasteiger partial charge on any atom is 0.166 e. The molecular formula is C14H19NO3. The monoisotopic (exact) mass is 249 g/mol. The number of aliphatic hydroxyl groups is 2. The largest absolute Gasteiger partial charge is 0.389 e. The van der Waals surface area contributed by atoms with Gasteiger partial charge in [0, 0.05) is 31.1 Å². The highest BCUT2D eigenvalue weighted by atomic mass is 16.3. The zero-order valence-corrected chi connectivity index (χ0v) is 10.5. The van der Waals surface area contributed by atoms with E-state index >= 15 is 0 Å². The Hall–Kier alpha value is -1.23. The SMILES string of the molecule is CC(CN1CC(O)C(O)C1)C(=O)c1ccccc1. The molecule has 2 N–H and O–H groups in total. The third kappa shape index (κ3) is 2.96. The zero-order chi connectivity index (χ0) is 13.1. The van der Waals surface area contributed by atoms with Crippen molar-refractivity contribution in [2.24, 2.45) is 5.92 Å². The minimum atomic E-state index is -0.691. The van der Waals surface area contributed by atoms with Crippen molar-refractivity contribution in [3.63, 3.8) is 0 Å². The van der Waals surface area contributed by atoms with E-state index < -0.39 is 12.2 Å². The molecule has 3 atom stereocenters. The molecule has 1 aliphatic heterocycles. The highest BCUT2D eigenvalue weighted by Crippen LogP contribution is 2.15. The second kappa shape index (κ2) is 5.61. The summed E-state index contributed by atoms with van der Waals surface area (Å²) in [7, 11) is 0. The molecule has 1 aromatic carbocycles. The summed E-state index contributed by atoms with van der Waals surface area (Å²) in [5, 5.41) is 18.9. The number of rotatable bonds is 4. The highest BCUT2D eigenvalue weighted by Gasteiger charge is 2.31. The van der Waals surface area contributed by atoms with Crippen molar-refractivity contribution in [3.05, 3.63) is 35.9 Å². The third-order valence-corrected chi connectivity index (χ3v) is 3.37. The number of Topliss-reactive ketones (excluding diaryl/α,β-unsaturated/α-hetero) is 1. The van der Waals surface area contributed by atoms with Crippen LogP contribution in [0.1, 0.15) is 17.3 Å². The molecule has 18 heavy (non-hydrogen) atoms. The molecule has 2 rings (SSSR count). The number of β-amino-alcohol motifs (C(OH)–C–C–N with tert-alkyl or cyclic N) is 2. The number of ketones is 1. The molecule has 0 spiro atoms. The van der Waals surface area contributed by atoms with Gasteiger partial charge in [-0.05, 0) is 0 Å². The van der Waals surface area contributed by atoms with Crippen LogP contribution in [-0.2, 0) is 0 Å². The molecule has 1 heterocycles. The number of nitrogens with zero attached hydrogens (tertiary/aromatic N) is 1. The minimum Gasteiger partial charge on any atom is -0.389 e. The molecule has 1 aromatic rings. The number of aliphatic hydroxyl groups excluding tert-OH is 2. The average Bonchev–Trinajstić information content (AvgIpc) is 2.68. The summed E-state index contributed by atoms with van der Waals surface area (Å²) >= 11 is 0. The molecule has 3 unspecified atom stereocenters. The van der Waals surface area contributed by atoms with Gasteiger partial charge in [-0.2, -0.15) is 0 Å². The molecule has 1 saturated heterocycles. The Labute approximate surface area is 107 Å². The highest BCUT2D eigenvalue weighted by molar-refractivity contribution is 5.97. The summed E-state index contributed by atoms with van der Waals surface area (Å²) in [6.07, 6.45) is -1.38. The van der Waals surface area contributed by atoms with Crippen molar-refractivity contribution in [3.8, 4) is 0 Å². The Morgan fingerprint density at radius 2 is 1.83 bits per heavy atom. The first-order valence-corrected chi connectivity index (χ1v) is 6.25. The summed E-state index contributed by atoms with van der Waals surface area (Å²) < 4.78 is 0. The van der Waals surface area contributed by atoms with Crippen LogP contribution >= 0.6 is 0 Å². The molecule has 98 valence electrons. The first kappa shape index (κ1) is 13.2. The van der Waals surface area contributed by atoms with E-state index in [0.29, 0.717) is 25.2 Å². The molecule has 0 bridgehead atoms. The van der Waals surface area contributed by atoms with Gasteiger partial charge >= 0.3 is 0 Å². The van der Waals surface area contributed by atoms with Crippen LogP contribution in [0.2, 0.25) is 0 Å². The lowest BCUT2D eigenvalue weighted by molar-refractivity contribution is 0.0572. The van der Waals surface area contributed by atoms with Crippen LogP contribution in [0.5, 0.6) is 0 Å². The van der Waals surface area contributed by atoms with Crippen molar-refractivity contribution in [1.82, 2.24) is 4.90 Å². The van der Waals surface area contributed by atoms with E-state index in [4.69, 9.17) is 0 Å². The Kier molecular flexibility index (Phi) is 4.11. The predicted molar refractivity (Wildman–Crippen MR) is 68.4 cm³/mol. The minimum absolute atomic E-state index is 0.103. The maximum absolute atomic E-state index is 12.1. The van der Waals surface area contributed by atoms with Gasteiger partial charge in [0.25, 0.3) is 0 Å². The standard InChI is InChI=1S/C14H19NO3/c1-10(7-15-8-12(16)13(17)9-15)14(18)11-5-3-2-4-6-11/h2-6,10,12-13,16-17H,7-9H2,1H3. The third-order valence-electron chi connectivity index (χ3n) is 3.37. The van der Waals surface area contributed by atoms with E-state index in [1.165, 1.54) is 0 Å². The Morgan fingerprint density at radius 3 is 2.39 bits per heavy atom. The lowest BCUT2D eigenvalue weighted by Gasteiger charge is -2.19. The van der Waals surface area contributed by atoms with Crippen LogP contribution in [0.25, 0.3) is 0 Å². The number of carbonyl (C=O) groups is 1. The summed E-state index contributed by atoms with van der Waals surface area (Å²) in [4.78, 5) is 14.1. The smallest absolute Gasteiger partial charge is 0.166 e. The van der Waals surface area contributed by atoms with Crippen LogP contribution in [-0.4, -0.2) is 52.7 Å². The van der Waals surface area contributed by atoms with E-state index in [9.17, 15) is 15.0 Å². The van der Waals surface area contributed by atoms with Gasteiger partial charge in [-0.25, -0.2) is 0 Å². The van der Waals surface area contributed by atoms with E-state index in [0.717, 1.165) is 0 Å². The first-order chi connectivity index (χ1) is 8.58. The number of benzene rings is 1. The molecule has 4 nitrogen and oxygen atoms in total. The fourth-order valence-electron chi connectivity index (χ4n) is 2.35. The molecule has 0 radical (unpaired) electrons. The number of carbonyl (C=O) groups excluding carboxylic acids is 1. The molecule has 1 fully saturated rings. The van der Waals surface area contributed by atoms with E-state index in [1.807, 2.05) is 42.2 Å². The molecule has 1 aliphatic rings. The fourth-order valence-corrected chi connectivity index (χ4v) is 2.35. The maximum atomic E-state index is 12.1. The van der Waals surface area contributed by atoms with Crippen molar-refractivity contribution in [1.29, 1.82) is 0 Å². The van der Waals surface area contributed by atoms with Gasteiger partial charge < -0.3 is 10.2 Å². The number of likely N-dealkylation sites (tertiary alicyclic amines) is 1. The predicted octanol–water partition coefficient (Wildman–Crippen LogP) is 0.543. The molecular weight excluding hydrogens is 230 g/mol. The normalized spacial score (nSPS) is 26.2. The Balaban J connectivity index is 1.93.